The lowest BCUT2D eigenvalue weighted by atomic mass is 10.0. The molecule has 0 amide bonds. The molecule has 0 spiro atoms. The van der Waals surface area contributed by atoms with E-state index in [0.29, 0.717) is 6.42 Å². The molecule has 0 saturated heterocycles. The van der Waals surface area contributed by atoms with Crippen molar-refractivity contribution in [1.29, 1.82) is 0 Å². The molecule has 0 radical (unpaired) electrons. The van der Waals surface area contributed by atoms with E-state index in [0.717, 1.165) is 5.57 Å². The van der Waals surface area contributed by atoms with Crippen LogP contribution in [0.1, 0.15) is 27.2 Å². The van der Waals surface area contributed by atoms with E-state index in [1.54, 1.807) is 13.8 Å². The highest BCUT2D eigenvalue weighted by atomic mass is 35.5. The van der Waals surface area contributed by atoms with Crippen molar-refractivity contribution in [3.63, 3.8) is 0 Å². The largest absolute Gasteiger partial charge is 0.391 e. The topological polar surface area (TPSA) is 20.2 Å². The lowest BCUT2D eigenvalue weighted by molar-refractivity contribution is 0.139. The van der Waals surface area contributed by atoms with E-state index < -0.39 is 11.0 Å². The van der Waals surface area contributed by atoms with Gasteiger partial charge in [0.25, 0.3) is 0 Å². The van der Waals surface area contributed by atoms with Crippen molar-refractivity contribution >= 4 is 11.6 Å². The van der Waals surface area contributed by atoms with Gasteiger partial charge in [-0.25, -0.2) is 0 Å². The molecular formula is C8H15ClO. The van der Waals surface area contributed by atoms with E-state index in [2.05, 4.69) is 6.58 Å². The zero-order valence-corrected chi connectivity index (χ0v) is 7.57. The lowest BCUT2D eigenvalue weighted by Crippen LogP contribution is -2.30. The van der Waals surface area contributed by atoms with Gasteiger partial charge in [-0.2, -0.15) is 0 Å². The van der Waals surface area contributed by atoms with Gasteiger partial charge in [0.15, 0.2) is 0 Å². The highest BCUT2D eigenvalue weighted by Gasteiger charge is 2.24. The minimum atomic E-state index is -0.543. The molecule has 0 bridgehead atoms. The molecule has 1 nitrogen and oxygen atoms in total. The predicted molar refractivity (Wildman–Crippen MR) is 45.4 cm³/mol. The number of rotatable bonds is 3. The van der Waals surface area contributed by atoms with Crippen LogP contribution in [0, 0.1) is 0 Å². The summed E-state index contributed by atoms with van der Waals surface area (Å²) < 4.78 is 0. The Labute approximate surface area is 67.7 Å². The summed E-state index contributed by atoms with van der Waals surface area (Å²) in [4.78, 5) is -0.543. The van der Waals surface area contributed by atoms with Crippen molar-refractivity contribution in [2.75, 3.05) is 0 Å². The molecule has 0 aromatic rings. The first-order valence-corrected chi connectivity index (χ1v) is 3.73. The van der Waals surface area contributed by atoms with Crippen molar-refractivity contribution in [1.82, 2.24) is 0 Å². The summed E-state index contributed by atoms with van der Waals surface area (Å²) in [6, 6.07) is 0. The van der Waals surface area contributed by atoms with Crippen LogP contribution in [0.5, 0.6) is 0 Å². The van der Waals surface area contributed by atoms with Gasteiger partial charge in [0.05, 0.1) is 11.0 Å². The summed E-state index contributed by atoms with van der Waals surface area (Å²) in [6.07, 6.45) is 0.0860. The molecule has 0 heterocycles. The van der Waals surface area contributed by atoms with Crippen molar-refractivity contribution < 1.29 is 5.11 Å². The number of alkyl halides is 1. The molecule has 0 rings (SSSR count). The zero-order chi connectivity index (χ0) is 8.36. The van der Waals surface area contributed by atoms with Crippen LogP contribution in [0.2, 0.25) is 0 Å². The minimum absolute atomic E-state index is 0.494. The number of aliphatic hydroxyl groups excluding tert-OH is 1. The summed E-state index contributed by atoms with van der Waals surface area (Å²) in [7, 11) is 0. The monoisotopic (exact) mass is 162 g/mol. The molecule has 60 valence electrons. The third-order valence-electron chi connectivity index (χ3n) is 1.33. The molecule has 0 aliphatic rings. The van der Waals surface area contributed by atoms with Gasteiger partial charge in [-0.1, -0.05) is 5.57 Å². The van der Waals surface area contributed by atoms with Crippen LogP contribution >= 0.6 is 11.6 Å². The molecule has 10 heavy (non-hydrogen) atoms. The molecule has 0 aliphatic heterocycles. The first-order chi connectivity index (χ1) is 4.34. The van der Waals surface area contributed by atoms with Gasteiger partial charge in [0.2, 0.25) is 0 Å². The molecule has 0 aliphatic carbocycles. The second-order valence-corrected chi connectivity index (χ2v) is 4.22. The number of hydrogen-bond acceptors (Lipinski definition) is 1. The second kappa shape index (κ2) is 3.40. The van der Waals surface area contributed by atoms with Crippen molar-refractivity contribution in [2.24, 2.45) is 0 Å². The Morgan fingerprint density at radius 3 is 2.20 bits per heavy atom. The van der Waals surface area contributed by atoms with Crippen LogP contribution in [0.3, 0.4) is 0 Å². The Bertz CT molecular complexity index is 124. The number of halogens is 1. The van der Waals surface area contributed by atoms with Gasteiger partial charge in [-0.15, -0.1) is 18.2 Å². The van der Waals surface area contributed by atoms with Crippen LogP contribution in [0.15, 0.2) is 12.2 Å². The second-order valence-electron chi connectivity index (χ2n) is 3.24. The predicted octanol–water partition coefficient (Wildman–Crippen LogP) is 2.33. The van der Waals surface area contributed by atoms with Gasteiger partial charge in [0.1, 0.15) is 0 Å². The number of aliphatic hydroxyl groups is 1. The molecule has 2 heteroatoms. The maximum Gasteiger partial charge on any atom is 0.0763 e. The average molecular weight is 163 g/mol. The van der Waals surface area contributed by atoms with Crippen LogP contribution in [0.4, 0.5) is 0 Å². The summed E-state index contributed by atoms with van der Waals surface area (Å²) >= 11 is 5.84. The first kappa shape index (κ1) is 9.99. The normalized spacial score (nSPS) is 14.9. The molecule has 1 unspecified atom stereocenters. The molecule has 0 fully saturated rings. The molecule has 0 aromatic carbocycles. The van der Waals surface area contributed by atoms with E-state index in [1.165, 1.54) is 0 Å². The van der Waals surface area contributed by atoms with E-state index in [9.17, 15) is 5.11 Å². The van der Waals surface area contributed by atoms with E-state index >= 15 is 0 Å². The summed E-state index contributed by atoms with van der Waals surface area (Å²) in [5, 5.41) is 9.36. The Balaban J connectivity index is 3.85. The minimum Gasteiger partial charge on any atom is -0.391 e. The SMILES string of the molecule is C=C(C)CC(O)C(C)(C)Cl. The lowest BCUT2D eigenvalue weighted by Gasteiger charge is -2.23. The Morgan fingerprint density at radius 1 is 1.70 bits per heavy atom. The fraction of sp³-hybridized carbons (Fsp3) is 0.750. The molecule has 0 saturated carbocycles. The fourth-order valence-corrected chi connectivity index (χ4v) is 0.650. The maximum atomic E-state index is 9.36. The smallest absolute Gasteiger partial charge is 0.0763 e. The average Bonchev–Trinajstić information content (AvgIpc) is 1.60. The molecular weight excluding hydrogens is 148 g/mol. The highest BCUT2D eigenvalue weighted by molar-refractivity contribution is 6.23. The third kappa shape index (κ3) is 3.91. The van der Waals surface area contributed by atoms with Crippen LogP contribution < -0.4 is 0 Å². The standard InChI is InChI=1S/C8H15ClO/c1-6(2)5-7(10)8(3,4)9/h7,10H,1,5H2,2-4H3. The van der Waals surface area contributed by atoms with Crippen LogP contribution in [-0.4, -0.2) is 16.1 Å². The third-order valence-corrected chi connectivity index (χ3v) is 1.59. The first-order valence-electron chi connectivity index (χ1n) is 3.35. The quantitative estimate of drug-likeness (QED) is 0.499. The van der Waals surface area contributed by atoms with Crippen molar-refractivity contribution in [2.45, 2.75) is 38.2 Å². The maximum absolute atomic E-state index is 9.36. The molecule has 1 N–H and O–H groups in total. The van der Waals surface area contributed by atoms with Crippen LogP contribution in [-0.2, 0) is 0 Å². The summed E-state index contributed by atoms with van der Waals surface area (Å²) in [6.45, 7) is 9.16. The highest BCUT2D eigenvalue weighted by Crippen LogP contribution is 2.22. The van der Waals surface area contributed by atoms with Gasteiger partial charge in [-0.05, 0) is 27.2 Å². The molecule has 1 atom stereocenters. The zero-order valence-electron chi connectivity index (χ0n) is 6.82. The Hall–Kier alpha value is -0.0100. The Kier molecular flexibility index (Phi) is 3.40. The summed E-state index contributed by atoms with van der Waals surface area (Å²) in [5.74, 6) is 0. The van der Waals surface area contributed by atoms with Gasteiger partial charge >= 0.3 is 0 Å². The Morgan fingerprint density at radius 2 is 2.10 bits per heavy atom. The summed E-state index contributed by atoms with van der Waals surface area (Å²) in [5.41, 5.74) is 0.959. The van der Waals surface area contributed by atoms with Crippen molar-refractivity contribution in [3.05, 3.63) is 12.2 Å². The van der Waals surface area contributed by atoms with Gasteiger partial charge < -0.3 is 5.11 Å². The van der Waals surface area contributed by atoms with E-state index in [4.69, 9.17) is 11.6 Å². The fourth-order valence-electron chi connectivity index (χ4n) is 0.573. The van der Waals surface area contributed by atoms with Gasteiger partial charge in [-0.3, -0.25) is 0 Å². The van der Waals surface area contributed by atoms with Crippen LogP contribution in [0.25, 0.3) is 0 Å². The molecule has 0 aromatic heterocycles. The van der Waals surface area contributed by atoms with Gasteiger partial charge in [0, 0.05) is 0 Å². The van der Waals surface area contributed by atoms with Crippen molar-refractivity contribution in [3.8, 4) is 0 Å². The van der Waals surface area contributed by atoms with E-state index in [1.807, 2.05) is 6.92 Å². The number of hydrogen-bond donors (Lipinski definition) is 1. The van der Waals surface area contributed by atoms with E-state index in [-0.39, 0.29) is 0 Å².